The average Bonchev–Trinajstić information content (AvgIpc) is 3.41. The number of carbonyl (C=O) groups excluding carboxylic acids is 2. The number of fused-ring (bicyclic) bond motifs is 1. The summed E-state index contributed by atoms with van der Waals surface area (Å²) in [6.07, 6.45) is 6.24. The summed E-state index contributed by atoms with van der Waals surface area (Å²) in [6.45, 7) is 2.85. The topological polar surface area (TPSA) is 87.5 Å². The zero-order chi connectivity index (χ0) is 20.2. The van der Waals surface area contributed by atoms with E-state index in [2.05, 4.69) is 33.1 Å². The Morgan fingerprint density at radius 2 is 2.07 bits per heavy atom. The fraction of sp³-hybridized carbons (Fsp3) is 0.318. The maximum atomic E-state index is 12.6. The lowest BCUT2D eigenvalue weighted by Crippen LogP contribution is -2.49. The van der Waals surface area contributed by atoms with Gasteiger partial charge in [-0.2, -0.15) is 0 Å². The standard InChI is InChI=1S/C22H25N5O2/c1-15(21(28)25-13-16-7-9-27-10-8-23-20(27)11-16)26-22(29)19-12-18(14-24-19)17-5-3-2-4-6-17/h2-11,15,18-19,24H,12-14H2,1H3,(H,25,28)(H,26,29)/t15-,18-,19+/m0/s1. The first-order valence-corrected chi connectivity index (χ1v) is 9.88. The summed E-state index contributed by atoms with van der Waals surface area (Å²) < 4.78 is 1.91. The van der Waals surface area contributed by atoms with Crippen molar-refractivity contribution in [1.29, 1.82) is 0 Å². The smallest absolute Gasteiger partial charge is 0.242 e. The minimum absolute atomic E-state index is 0.134. The quantitative estimate of drug-likeness (QED) is 0.596. The summed E-state index contributed by atoms with van der Waals surface area (Å²) in [5.41, 5.74) is 3.02. The molecule has 1 fully saturated rings. The first kappa shape index (κ1) is 19.1. The van der Waals surface area contributed by atoms with Gasteiger partial charge in [0.15, 0.2) is 0 Å². The monoisotopic (exact) mass is 391 g/mol. The predicted molar refractivity (Wildman–Crippen MR) is 110 cm³/mol. The van der Waals surface area contributed by atoms with E-state index in [1.54, 1.807) is 13.1 Å². The molecule has 7 nitrogen and oxygen atoms in total. The Morgan fingerprint density at radius 1 is 1.24 bits per heavy atom. The molecule has 0 unspecified atom stereocenters. The minimum Gasteiger partial charge on any atom is -0.350 e. The van der Waals surface area contributed by atoms with Crippen LogP contribution in [0.2, 0.25) is 0 Å². The Hall–Kier alpha value is -3.19. The third-order valence-electron chi connectivity index (χ3n) is 5.40. The number of pyridine rings is 1. The molecule has 2 aromatic heterocycles. The predicted octanol–water partition coefficient (Wildman–Crippen LogP) is 1.60. The molecule has 0 saturated carbocycles. The van der Waals surface area contributed by atoms with Gasteiger partial charge in [-0.25, -0.2) is 4.98 Å². The van der Waals surface area contributed by atoms with Crippen molar-refractivity contribution in [1.82, 2.24) is 25.3 Å². The molecule has 1 aliphatic heterocycles. The number of nitrogens with zero attached hydrogens (tertiary/aromatic N) is 2. The number of aromatic nitrogens is 2. The molecular formula is C22H25N5O2. The second kappa shape index (κ2) is 8.45. The van der Waals surface area contributed by atoms with Crippen LogP contribution in [0.25, 0.3) is 5.65 Å². The maximum Gasteiger partial charge on any atom is 0.242 e. The van der Waals surface area contributed by atoms with Crippen molar-refractivity contribution in [3.63, 3.8) is 0 Å². The van der Waals surface area contributed by atoms with Crippen LogP contribution < -0.4 is 16.0 Å². The molecule has 0 aliphatic carbocycles. The van der Waals surface area contributed by atoms with Crippen molar-refractivity contribution < 1.29 is 9.59 Å². The van der Waals surface area contributed by atoms with E-state index < -0.39 is 6.04 Å². The number of carbonyl (C=O) groups is 2. The van der Waals surface area contributed by atoms with Gasteiger partial charge in [-0.1, -0.05) is 30.3 Å². The van der Waals surface area contributed by atoms with Crippen LogP contribution in [-0.2, 0) is 16.1 Å². The Labute approximate surface area is 169 Å². The molecule has 1 aromatic carbocycles. The molecule has 0 bridgehead atoms. The molecule has 3 heterocycles. The molecule has 1 saturated heterocycles. The minimum atomic E-state index is -0.602. The SMILES string of the molecule is C[C@H](NC(=O)[C@H]1C[C@H](c2ccccc2)CN1)C(=O)NCc1ccn2ccnc2c1. The van der Waals surface area contributed by atoms with Crippen molar-refractivity contribution in [2.24, 2.45) is 0 Å². The zero-order valence-corrected chi connectivity index (χ0v) is 16.3. The highest BCUT2D eigenvalue weighted by Crippen LogP contribution is 2.25. The summed E-state index contributed by atoms with van der Waals surface area (Å²) in [7, 11) is 0. The molecule has 3 N–H and O–H groups in total. The van der Waals surface area contributed by atoms with Crippen LogP contribution in [0.4, 0.5) is 0 Å². The van der Waals surface area contributed by atoms with Crippen LogP contribution in [0.15, 0.2) is 61.1 Å². The van der Waals surface area contributed by atoms with E-state index in [0.717, 1.165) is 24.2 Å². The van der Waals surface area contributed by atoms with Gasteiger partial charge in [-0.05, 0) is 42.5 Å². The van der Waals surface area contributed by atoms with Crippen molar-refractivity contribution in [3.05, 3.63) is 72.2 Å². The fourth-order valence-corrected chi connectivity index (χ4v) is 3.70. The Bertz CT molecular complexity index is 1000. The average molecular weight is 391 g/mol. The van der Waals surface area contributed by atoms with Gasteiger partial charge < -0.3 is 20.4 Å². The summed E-state index contributed by atoms with van der Waals surface area (Å²) in [5, 5.41) is 8.97. The number of nitrogens with one attached hydrogen (secondary N) is 3. The number of hydrogen-bond donors (Lipinski definition) is 3. The van der Waals surface area contributed by atoms with Crippen molar-refractivity contribution in [3.8, 4) is 0 Å². The molecule has 4 rings (SSSR count). The molecule has 3 atom stereocenters. The van der Waals surface area contributed by atoms with Crippen molar-refractivity contribution in [2.75, 3.05) is 6.54 Å². The van der Waals surface area contributed by atoms with E-state index in [1.807, 2.05) is 47.1 Å². The van der Waals surface area contributed by atoms with Crippen LogP contribution in [0, 0.1) is 0 Å². The van der Waals surface area contributed by atoms with Gasteiger partial charge in [-0.3, -0.25) is 9.59 Å². The first-order chi connectivity index (χ1) is 14.1. The summed E-state index contributed by atoms with van der Waals surface area (Å²) in [4.78, 5) is 29.2. The molecular weight excluding hydrogens is 366 g/mol. The zero-order valence-electron chi connectivity index (χ0n) is 16.3. The molecule has 0 radical (unpaired) electrons. The molecule has 7 heteroatoms. The summed E-state index contributed by atoms with van der Waals surface area (Å²) in [6, 6.07) is 13.2. The number of benzene rings is 1. The van der Waals surface area contributed by atoms with Crippen LogP contribution in [-0.4, -0.2) is 39.8 Å². The van der Waals surface area contributed by atoms with Gasteiger partial charge in [-0.15, -0.1) is 0 Å². The van der Waals surface area contributed by atoms with E-state index in [4.69, 9.17) is 0 Å². The highest BCUT2D eigenvalue weighted by Gasteiger charge is 2.31. The van der Waals surface area contributed by atoms with Crippen LogP contribution in [0.5, 0.6) is 0 Å². The Kier molecular flexibility index (Phi) is 5.57. The van der Waals surface area contributed by atoms with E-state index >= 15 is 0 Å². The van der Waals surface area contributed by atoms with Crippen LogP contribution in [0.3, 0.4) is 0 Å². The van der Waals surface area contributed by atoms with E-state index in [9.17, 15) is 9.59 Å². The molecule has 150 valence electrons. The third kappa shape index (κ3) is 4.46. The number of rotatable bonds is 6. The van der Waals surface area contributed by atoms with Crippen molar-refractivity contribution in [2.45, 2.75) is 37.9 Å². The highest BCUT2D eigenvalue weighted by molar-refractivity contribution is 5.89. The summed E-state index contributed by atoms with van der Waals surface area (Å²) >= 11 is 0. The largest absolute Gasteiger partial charge is 0.350 e. The lowest BCUT2D eigenvalue weighted by molar-refractivity contribution is -0.129. The van der Waals surface area contributed by atoms with Crippen molar-refractivity contribution >= 4 is 17.5 Å². The molecule has 0 spiro atoms. The number of imidazole rings is 1. The van der Waals surface area contributed by atoms with Gasteiger partial charge in [0.1, 0.15) is 11.7 Å². The normalized spacial score (nSPS) is 19.8. The van der Waals surface area contributed by atoms with Gasteiger partial charge in [0.05, 0.1) is 6.04 Å². The van der Waals surface area contributed by atoms with Gasteiger partial charge in [0, 0.05) is 31.7 Å². The van der Waals surface area contributed by atoms with Gasteiger partial charge in [0.25, 0.3) is 0 Å². The molecule has 2 amide bonds. The molecule has 1 aliphatic rings. The second-order valence-electron chi connectivity index (χ2n) is 7.48. The maximum absolute atomic E-state index is 12.6. The second-order valence-corrected chi connectivity index (χ2v) is 7.48. The van der Waals surface area contributed by atoms with E-state index in [-0.39, 0.29) is 17.9 Å². The molecule has 3 aromatic rings. The Morgan fingerprint density at radius 3 is 2.90 bits per heavy atom. The first-order valence-electron chi connectivity index (χ1n) is 9.88. The molecule has 29 heavy (non-hydrogen) atoms. The highest BCUT2D eigenvalue weighted by atomic mass is 16.2. The van der Waals surface area contributed by atoms with Gasteiger partial charge >= 0.3 is 0 Å². The fourth-order valence-electron chi connectivity index (χ4n) is 3.70. The van der Waals surface area contributed by atoms with Gasteiger partial charge in [0.2, 0.25) is 11.8 Å². The number of amides is 2. The van der Waals surface area contributed by atoms with Crippen LogP contribution >= 0.6 is 0 Å². The van der Waals surface area contributed by atoms with Crippen LogP contribution in [0.1, 0.15) is 30.4 Å². The Balaban J connectivity index is 1.26. The van der Waals surface area contributed by atoms with E-state index in [0.29, 0.717) is 12.5 Å². The lowest BCUT2D eigenvalue weighted by Gasteiger charge is -2.17. The number of hydrogen-bond acceptors (Lipinski definition) is 4. The lowest BCUT2D eigenvalue weighted by atomic mass is 9.96. The summed E-state index contributed by atoms with van der Waals surface area (Å²) in [5.74, 6) is -0.0299. The third-order valence-corrected chi connectivity index (χ3v) is 5.40. The van der Waals surface area contributed by atoms with E-state index in [1.165, 1.54) is 5.56 Å².